The van der Waals surface area contributed by atoms with Gasteiger partial charge in [-0.1, -0.05) is 23.2 Å². The van der Waals surface area contributed by atoms with Crippen LogP contribution in [0.2, 0.25) is 10.0 Å². The fraction of sp³-hybridized carbons (Fsp3) is 0.174. The van der Waals surface area contributed by atoms with Crippen molar-refractivity contribution in [2.75, 3.05) is 30.8 Å². The number of alkyl halides is 3. The molecule has 4 nitrogen and oxygen atoms in total. The summed E-state index contributed by atoms with van der Waals surface area (Å²) in [5, 5.41) is 11.5. The van der Waals surface area contributed by atoms with E-state index in [1.54, 1.807) is 18.2 Å². The van der Waals surface area contributed by atoms with E-state index in [0.717, 1.165) is 23.5 Å². The molecule has 0 saturated heterocycles. The molecule has 32 heavy (non-hydrogen) atoms. The lowest BCUT2D eigenvalue weighted by Crippen LogP contribution is -2.18. The quantitative estimate of drug-likeness (QED) is 0.204. The molecule has 0 aliphatic heterocycles. The van der Waals surface area contributed by atoms with Gasteiger partial charge >= 0.3 is 6.18 Å². The molecule has 166 valence electrons. The molecule has 9 heteroatoms. The van der Waals surface area contributed by atoms with Crippen molar-refractivity contribution < 1.29 is 13.2 Å². The highest BCUT2D eigenvalue weighted by Gasteiger charge is 2.31. The van der Waals surface area contributed by atoms with Crippen LogP contribution in [0.1, 0.15) is 5.56 Å². The standard InChI is InChI=1S/C23H19Cl2F3N4/c1-29-8-9-30-22-16-10-13(23(26,27)28)2-6-20(16)32-21-7-4-14(11-17(21)22)31-15-3-5-18(24)19(25)12-15/h2-7,10-12,29,31H,8-9H2,1H3,(H,30,32). The van der Waals surface area contributed by atoms with Crippen molar-refractivity contribution in [2.24, 2.45) is 0 Å². The third-order valence-electron chi connectivity index (χ3n) is 4.99. The predicted molar refractivity (Wildman–Crippen MR) is 126 cm³/mol. The minimum atomic E-state index is -4.44. The minimum Gasteiger partial charge on any atom is -0.383 e. The molecule has 3 aromatic carbocycles. The summed E-state index contributed by atoms with van der Waals surface area (Å²) in [4.78, 5) is 4.57. The summed E-state index contributed by atoms with van der Waals surface area (Å²) >= 11 is 12.1. The van der Waals surface area contributed by atoms with E-state index in [2.05, 4.69) is 20.9 Å². The van der Waals surface area contributed by atoms with Gasteiger partial charge in [-0.2, -0.15) is 13.2 Å². The van der Waals surface area contributed by atoms with E-state index in [9.17, 15) is 13.2 Å². The average molecular weight is 479 g/mol. The summed E-state index contributed by atoms with van der Waals surface area (Å²) in [5.74, 6) is 0. The highest BCUT2D eigenvalue weighted by Crippen LogP contribution is 2.37. The number of hydrogen-bond donors (Lipinski definition) is 3. The van der Waals surface area contributed by atoms with Gasteiger partial charge in [0, 0.05) is 35.2 Å². The fourth-order valence-corrected chi connectivity index (χ4v) is 3.74. The third-order valence-corrected chi connectivity index (χ3v) is 5.72. The van der Waals surface area contributed by atoms with Gasteiger partial charge in [-0.25, -0.2) is 4.98 Å². The van der Waals surface area contributed by atoms with Crippen LogP contribution in [-0.4, -0.2) is 25.1 Å². The van der Waals surface area contributed by atoms with E-state index < -0.39 is 11.7 Å². The number of halogens is 5. The summed E-state index contributed by atoms with van der Waals surface area (Å²) in [6.07, 6.45) is -4.44. The molecule has 0 bridgehead atoms. The number of fused-ring (bicyclic) bond motifs is 2. The van der Waals surface area contributed by atoms with Gasteiger partial charge in [0.2, 0.25) is 0 Å². The Labute approximate surface area is 192 Å². The number of rotatable bonds is 6. The molecule has 0 atom stereocenters. The van der Waals surface area contributed by atoms with Crippen molar-refractivity contribution in [1.82, 2.24) is 10.3 Å². The second kappa shape index (κ2) is 9.02. The first-order valence-corrected chi connectivity index (χ1v) is 10.6. The maximum absolute atomic E-state index is 13.4. The average Bonchev–Trinajstić information content (AvgIpc) is 2.75. The molecule has 3 N–H and O–H groups in total. The first-order valence-electron chi connectivity index (χ1n) is 9.81. The Kier molecular flexibility index (Phi) is 6.33. The van der Waals surface area contributed by atoms with Crippen LogP contribution in [-0.2, 0) is 6.18 Å². The summed E-state index contributed by atoms with van der Waals surface area (Å²) < 4.78 is 40.1. The van der Waals surface area contributed by atoms with Crippen molar-refractivity contribution in [1.29, 1.82) is 0 Å². The Hall–Kier alpha value is -2.74. The van der Waals surface area contributed by atoms with E-state index in [-0.39, 0.29) is 0 Å². The van der Waals surface area contributed by atoms with Crippen LogP contribution < -0.4 is 16.0 Å². The van der Waals surface area contributed by atoms with Crippen LogP contribution in [0.15, 0.2) is 54.6 Å². The van der Waals surface area contributed by atoms with Crippen LogP contribution in [0.3, 0.4) is 0 Å². The smallest absolute Gasteiger partial charge is 0.383 e. The summed E-state index contributed by atoms with van der Waals surface area (Å²) in [6, 6.07) is 14.3. The SMILES string of the molecule is CNCCNc1c2cc(Nc3ccc(Cl)c(Cl)c3)ccc2nc2ccc(C(F)(F)F)cc12. The first-order chi connectivity index (χ1) is 15.3. The first kappa shape index (κ1) is 22.5. The van der Waals surface area contributed by atoms with Gasteiger partial charge in [-0.15, -0.1) is 0 Å². The molecule has 0 spiro atoms. The Morgan fingerprint density at radius 1 is 0.812 bits per heavy atom. The van der Waals surface area contributed by atoms with Gasteiger partial charge in [0.05, 0.1) is 32.3 Å². The summed E-state index contributed by atoms with van der Waals surface area (Å²) in [6.45, 7) is 1.18. The lowest BCUT2D eigenvalue weighted by Gasteiger charge is -2.16. The van der Waals surface area contributed by atoms with E-state index in [4.69, 9.17) is 23.2 Å². The Bertz CT molecular complexity index is 1290. The minimum absolute atomic E-state index is 0.412. The lowest BCUT2D eigenvalue weighted by atomic mass is 10.0. The molecule has 4 rings (SSSR count). The topological polar surface area (TPSA) is 49.0 Å². The van der Waals surface area contributed by atoms with Crippen LogP contribution >= 0.6 is 23.2 Å². The van der Waals surface area contributed by atoms with Gasteiger partial charge < -0.3 is 16.0 Å². The van der Waals surface area contributed by atoms with Crippen LogP contribution in [0.4, 0.5) is 30.2 Å². The number of likely N-dealkylation sites (N-methyl/N-ethyl adjacent to an activating group) is 1. The number of anilines is 3. The molecule has 0 aliphatic rings. The number of hydrogen-bond acceptors (Lipinski definition) is 4. The molecular formula is C23H19Cl2F3N4. The molecule has 4 aromatic rings. The Morgan fingerprint density at radius 2 is 1.47 bits per heavy atom. The maximum atomic E-state index is 13.4. The van der Waals surface area contributed by atoms with Gasteiger partial charge in [0.15, 0.2) is 0 Å². The van der Waals surface area contributed by atoms with E-state index in [1.165, 1.54) is 6.07 Å². The normalized spacial score (nSPS) is 11.8. The van der Waals surface area contributed by atoms with E-state index in [0.29, 0.717) is 50.6 Å². The fourth-order valence-electron chi connectivity index (χ4n) is 3.44. The van der Waals surface area contributed by atoms with E-state index >= 15 is 0 Å². The van der Waals surface area contributed by atoms with Gasteiger partial charge in [-0.3, -0.25) is 0 Å². The Morgan fingerprint density at radius 3 is 2.16 bits per heavy atom. The van der Waals surface area contributed by atoms with Crippen molar-refractivity contribution >= 4 is 62.1 Å². The molecular weight excluding hydrogens is 460 g/mol. The highest BCUT2D eigenvalue weighted by atomic mass is 35.5. The van der Waals surface area contributed by atoms with Crippen LogP contribution in [0.5, 0.6) is 0 Å². The maximum Gasteiger partial charge on any atom is 0.416 e. The highest BCUT2D eigenvalue weighted by molar-refractivity contribution is 6.42. The second-order valence-corrected chi connectivity index (χ2v) is 8.05. The number of pyridine rings is 1. The van der Waals surface area contributed by atoms with E-state index in [1.807, 2.05) is 25.2 Å². The second-order valence-electron chi connectivity index (χ2n) is 7.23. The largest absolute Gasteiger partial charge is 0.416 e. The van der Waals surface area contributed by atoms with Gasteiger partial charge in [0.25, 0.3) is 0 Å². The molecule has 1 aromatic heterocycles. The van der Waals surface area contributed by atoms with Crippen molar-refractivity contribution in [3.8, 4) is 0 Å². The van der Waals surface area contributed by atoms with Crippen LogP contribution in [0.25, 0.3) is 21.8 Å². The zero-order valence-corrected chi connectivity index (χ0v) is 18.5. The summed E-state index contributed by atoms with van der Waals surface area (Å²) in [7, 11) is 1.81. The molecule has 1 heterocycles. The monoisotopic (exact) mass is 478 g/mol. The molecule has 0 saturated carbocycles. The van der Waals surface area contributed by atoms with Crippen molar-refractivity contribution in [3.05, 3.63) is 70.2 Å². The molecule has 0 aliphatic carbocycles. The lowest BCUT2D eigenvalue weighted by molar-refractivity contribution is -0.137. The number of nitrogens with one attached hydrogen (secondary N) is 3. The third kappa shape index (κ3) is 4.70. The van der Waals surface area contributed by atoms with Crippen molar-refractivity contribution in [2.45, 2.75) is 6.18 Å². The number of benzene rings is 3. The number of aromatic nitrogens is 1. The number of nitrogens with zero attached hydrogens (tertiary/aromatic N) is 1. The predicted octanol–water partition coefficient (Wildman–Crippen LogP) is 7.09. The zero-order chi connectivity index (χ0) is 22.9. The molecule has 0 radical (unpaired) electrons. The molecule has 0 fully saturated rings. The van der Waals surface area contributed by atoms with Crippen molar-refractivity contribution in [3.63, 3.8) is 0 Å². The Balaban J connectivity index is 1.85. The summed E-state index contributed by atoms with van der Waals surface area (Å²) in [5.41, 5.74) is 2.51. The van der Waals surface area contributed by atoms with Gasteiger partial charge in [0.1, 0.15) is 0 Å². The molecule has 0 amide bonds. The zero-order valence-electron chi connectivity index (χ0n) is 16.9. The van der Waals surface area contributed by atoms with Crippen LogP contribution in [0, 0.1) is 0 Å². The molecule has 0 unspecified atom stereocenters. The van der Waals surface area contributed by atoms with Gasteiger partial charge in [-0.05, 0) is 61.6 Å².